The van der Waals surface area contributed by atoms with Crippen LogP contribution in [0.2, 0.25) is 5.02 Å². The number of hydrogen-bond donors (Lipinski definition) is 0. The second-order valence-corrected chi connectivity index (χ2v) is 6.76. The Balaban J connectivity index is 1.79. The van der Waals surface area contributed by atoms with Gasteiger partial charge in [-0.15, -0.1) is 0 Å². The van der Waals surface area contributed by atoms with Crippen molar-refractivity contribution in [3.05, 3.63) is 71.4 Å². The van der Waals surface area contributed by atoms with Gasteiger partial charge < -0.3 is 9.80 Å². The summed E-state index contributed by atoms with van der Waals surface area (Å²) >= 11 is 6.21. The molecule has 0 fully saturated rings. The number of fused-ring (bicyclic) bond motifs is 1. The van der Waals surface area contributed by atoms with Crippen LogP contribution < -0.4 is 4.90 Å². The predicted octanol–water partition coefficient (Wildman–Crippen LogP) is 4.38. The maximum Gasteiger partial charge on any atom is 0.0929 e. The number of likely N-dealkylation sites (N-methyl/N-ethyl adjacent to an activating group) is 1. The second-order valence-electron chi connectivity index (χ2n) is 6.32. The third-order valence-corrected chi connectivity index (χ3v) is 4.74. The summed E-state index contributed by atoms with van der Waals surface area (Å²) in [5.74, 6) is 0. The average molecular weight is 351 g/mol. The fraction of sp³-hybridized carbons (Fsp3) is 0.200. The molecule has 1 aromatic heterocycles. The summed E-state index contributed by atoms with van der Waals surface area (Å²) in [7, 11) is 2.15. The van der Waals surface area contributed by atoms with Crippen molar-refractivity contribution in [2.75, 3.05) is 25.0 Å². The van der Waals surface area contributed by atoms with Crippen LogP contribution in [-0.2, 0) is 6.54 Å². The molecule has 1 aliphatic heterocycles. The van der Waals surface area contributed by atoms with Gasteiger partial charge >= 0.3 is 0 Å². The Bertz CT molecular complexity index is 882. The summed E-state index contributed by atoms with van der Waals surface area (Å²) in [4.78, 5) is 4.68. The van der Waals surface area contributed by atoms with Gasteiger partial charge in [-0.05, 0) is 55.1 Å². The van der Waals surface area contributed by atoms with Crippen LogP contribution in [0, 0.1) is 0 Å². The minimum absolute atomic E-state index is 0.757. The molecule has 0 unspecified atom stereocenters. The number of halogens is 1. The molecule has 0 saturated heterocycles. The number of nitrogens with zero attached hydrogens (tertiary/aromatic N) is 4. The summed E-state index contributed by atoms with van der Waals surface area (Å²) in [6, 6.07) is 18.5. The van der Waals surface area contributed by atoms with Gasteiger partial charge in [0.1, 0.15) is 0 Å². The molecule has 0 radical (unpaired) electrons. The van der Waals surface area contributed by atoms with E-state index in [2.05, 4.69) is 51.3 Å². The Morgan fingerprint density at radius 1 is 1.00 bits per heavy atom. The maximum atomic E-state index is 6.21. The lowest BCUT2D eigenvalue weighted by molar-refractivity contribution is 0.343. The fourth-order valence-electron chi connectivity index (χ4n) is 3.26. The van der Waals surface area contributed by atoms with E-state index >= 15 is 0 Å². The first kappa shape index (κ1) is 16.1. The maximum absolute atomic E-state index is 6.21. The zero-order valence-corrected chi connectivity index (χ0v) is 14.8. The molecule has 0 bridgehead atoms. The molecule has 0 atom stereocenters. The molecule has 4 nitrogen and oxygen atoms in total. The zero-order chi connectivity index (χ0) is 17.2. The molecule has 2 aromatic carbocycles. The van der Waals surface area contributed by atoms with Crippen molar-refractivity contribution in [1.29, 1.82) is 0 Å². The SMILES string of the molecule is CN1CCN(c2cccc(Cl)c2)c2ccc(-c3cccnn3)cc2C1. The summed E-state index contributed by atoms with van der Waals surface area (Å²) < 4.78 is 0. The first-order valence-corrected chi connectivity index (χ1v) is 8.71. The molecule has 0 amide bonds. The van der Waals surface area contributed by atoms with Crippen molar-refractivity contribution in [1.82, 2.24) is 15.1 Å². The molecular formula is C20H19ClN4. The van der Waals surface area contributed by atoms with Crippen LogP contribution in [-0.4, -0.2) is 35.2 Å². The van der Waals surface area contributed by atoms with Crippen LogP contribution >= 0.6 is 11.6 Å². The highest BCUT2D eigenvalue weighted by Gasteiger charge is 2.20. The van der Waals surface area contributed by atoms with E-state index in [1.807, 2.05) is 30.3 Å². The molecule has 0 spiro atoms. The lowest BCUT2D eigenvalue weighted by atomic mass is 10.0. The summed E-state index contributed by atoms with van der Waals surface area (Å²) in [5.41, 5.74) is 5.61. The molecule has 126 valence electrons. The smallest absolute Gasteiger partial charge is 0.0929 e. The number of rotatable bonds is 2. The van der Waals surface area contributed by atoms with Gasteiger partial charge in [-0.1, -0.05) is 23.7 Å². The predicted molar refractivity (Wildman–Crippen MR) is 102 cm³/mol. The average Bonchev–Trinajstić information content (AvgIpc) is 2.80. The molecular weight excluding hydrogens is 332 g/mol. The van der Waals surface area contributed by atoms with E-state index in [1.165, 1.54) is 11.3 Å². The standard InChI is InChI=1S/C20H19ClN4/c1-24-10-11-25(18-5-2-4-17(21)13-18)20-8-7-15(12-16(20)14-24)19-6-3-9-22-23-19/h2-9,12-13H,10-11,14H2,1H3. The Morgan fingerprint density at radius 3 is 2.72 bits per heavy atom. The van der Waals surface area contributed by atoms with Crippen LogP contribution in [0.15, 0.2) is 60.8 Å². The van der Waals surface area contributed by atoms with E-state index in [-0.39, 0.29) is 0 Å². The third-order valence-electron chi connectivity index (χ3n) is 4.50. The van der Waals surface area contributed by atoms with Gasteiger partial charge in [0.05, 0.1) is 5.69 Å². The first-order chi connectivity index (χ1) is 12.2. The highest BCUT2D eigenvalue weighted by molar-refractivity contribution is 6.30. The molecule has 0 saturated carbocycles. The Kier molecular flexibility index (Phi) is 4.38. The van der Waals surface area contributed by atoms with Gasteiger partial charge in [-0.2, -0.15) is 10.2 Å². The highest BCUT2D eigenvalue weighted by atomic mass is 35.5. The molecule has 25 heavy (non-hydrogen) atoms. The van der Waals surface area contributed by atoms with Gasteiger partial charge in [0.15, 0.2) is 0 Å². The van der Waals surface area contributed by atoms with Crippen LogP contribution in [0.1, 0.15) is 5.56 Å². The molecule has 4 rings (SSSR count). The van der Waals surface area contributed by atoms with Crippen molar-refractivity contribution >= 4 is 23.0 Å². The van der Waals surface area contributed by atoms with E-state index in [0.29, 0.717) is 0 Å². The summed E-state index contributed by atoms with van der Waals surface area (Å²) in [6.45, 7) is 2.82. The zero-order valence-electron chi connectivity index (χ0n) is 14.1. The molecule has 2 heterocycles. The minimum atomic E-state index is 0.757. The van der Waals surface area contributed by atoms with Gasteiger partial charge in [0.2, 0.25) is 0 Å². The Morgan fingerprint density at radius 2 is 1.92 bits per heavy atom. The number of benzene rings is 2. The molecule has 3 aromatic rings. The normalized spacial score (nSPS) is 14.9. The number of hydrogen-bond acceptors (Lipinski definition) is 4. The topological polar surface area (TPSA) is 32.3 Å². The summed E-state index contributed by atoms with van der Waals surface area (Å²) in [5, 5.41) is 8.99. The lowest BCUT2D eigenvalue weighted by Crippen LogP contribution is -2.26. The van der Waals surface area contributed by atoms with Crippen molar-refractivity contribution < 1.29 is 0 Å². The van der Waals surface area contributed by atoms with Crippen LogP contribution in [0.5, 0.6) is 0 Å². The monoisotopic (exact) mass is 350 g/mol. The Hall–Kier alpha value is -2.43. The largest absolute Gasteiger partial charge is 0.340 e. The third kappa shape index (κ3) is 3.36. The molecule has 0 aliphatic carbocycles. The molecule has 0 N–H and O–H groups in total. The van der Waals surface area contributed by atoms with Crippen molar-refractivity contribution in [3.8, 4) is 11.3 Å². The Labute approximate surface area is 152 Å². The van der Waals surface area contributed by atoms with Crippen LogP contribution in [0.3, 0.4) is 0 Å². The van der Waals surface area contributed by atoms with Crippen molar-refractivity contribution in [2.45, 2.75) is 6.54 Å². The highest BCUT2D eigenvalue weighted by Crippen LogP contribution is 2.34. The lowest BCUT2D eigenvalue weighted by Gasteiger charge is -2.25. The molecule has 1 aliphatic rings. The number of aromatic nitrogens is 2. The van der Waals surface area contributed by atoms with E-state index in [4.69, 9.17) is 11.6 Å². The second kappa shape index (κ2) is 6.82. The first-order valence-electron chi connectivity index (χ1n) is 8.33. The van der Waals surface area contributed by atoms with Crippen LogP contribution in [0.25, 0.3) is 11.3 Å². The number of anilines is 2. The van der Waals surface area contributed by atoms with Crippen molar-refractivity contribution in [3.63, 3.8) is 0 Å². The van der Waals surface area contributed by atoms with Gasteiger partial charge in [-0.3, -0.25) is 0 Å². The van der Waals surface area contributed by atoms with Gasteiger partial charge in [-0.25, -0.2) is 0 Å². The van der Waals surface area contributed by atoms with Gasteiger partial charge in [0.25, 0.3) is 0 Å². The summed E-state index contributed by atoms with van der Waals surface area (Å²) in [6.07, 6.45) is 1.70. The quantitative estimate of drug-likeness (QED) is 0.686. The van der Waals surface area contributed by atoms with E-state index in [1.54, 1.807) is 6.20 Å². The van der Waals surface area contributed by atoms with Gasteiger partial charge in [0, 0.05) is 47.8 Å². The fourth-order valence-corrected chi connectivity index (χ4v) is 3.45. The minimum Gasteiger partial charge on any atom is -0.340 e. The van der Waals surface area contributed by atoms with Crippen LogP contribution in [0.4, 0.5) is 11.4 Å². The van der Waals surface area contributed by atoms with E-state index in [0.717, 1.165) is 41.6 Å². The van der Waals surface area contributed by atoms with Crippen molar-refractivity contribution in [2.24, 2.45) is 0 Å². The molecule has 5 heteroatoms. The van der Waals surface area contributed by atoms with E-state index in [9.17, 15) is 0 Å². The van der Waals surface area contributed by atoms with E-state index < -0.39 is 0 Å².